The highest BCUT2D eigenvalue weighted by Crippen LogP contribution is 2.38. The lowest BCUT2D eigenvalue weighted by atomic mass is 10.1. The Morgan fingerprint density at radius 1 is 1.37 bits per heavy atom. The molecule has 3 aromatic rings. The van der Waals surface area contributed by atoms with Crippen LogP contribution in [0, 0.1) is 6.92 Å². The number of hydrogen-bond donors (Lipinski definition) is 2. The minimum Gasteiger partial charge on any atom is -0.392 e. The van der Waals surface area contributed by atoms with Gasteiger partial charge in [0.2, 0.25) is 10.0 Å². The highest BCUT2D eigenvalue weighted by atomic mass is 35.5. The Kier molecular flexibility index (Phi) is 5.36. The quantitative estimate of drug-likeness (QED) is 0.644. The van der Waals surface area contributed by atoms with E-state index in [-0.39, 0.29) is 33.0 Å². The lowest BCUT2D eigenvalue weighted by molar-refractivity contribution is 0.0995. The van der Waals surface area contributed by atoms with E-state index in [1.165, 1.54) is 11.4 Å². The van der Waals surface area contributed by atoms with Gasteiger partial charge in [-0.15, -0.1) is 11.3 Å². The normalized spacial score (nSPS) is 11.6. The number of nitrogens with zero attached hydrogens (tertiary/aromatic N) is 2. The van der Waals surface area contributed by atoms with Gasteiger partial charge in [-0.2, -0.15) is 0 Å². The topological polar surface area (TPSA) is 127 Å². The Balaban J connectivity index is 2.24. The number of benzene rings is 1. The number of hydrogen-bond acceptors (Lipinski definition) is 7. The van der Waals surface area contributed by atoms with Gasteiger partial charge in [0.25, 0.3) is 11.8 Å². The number of rotatable bonds is 5. The highest BCUT2D eigenvalue weighted by molar-refractivity contribution is 7.89. The second kappa shape index (κ2) is 7.41. The summed E-state index contributed by atoms with van der Waals surface area (Å²) in [4.78, 5) is 13.9. The van der Waals surface area contributed by atoms with Gasteiger partial charge in [0.1, 0.15) is 20.5 Å². The van der Waals surface area contributed by atoms with Gasteiger partial charge in [0, 0.05) is 5.56 Å². The number of aromatic nitrogens is 1. The number of sulfonamides is 1. The number of anilines is 2. The summed E-state index contributed by atoms with van der Waals surface area (Å²) in [5.74, 6) is -0.818. The third-order valence-electron chi connectivity index (χ3n) is 3.71. The van der Waals surface area contributed by atoms with Crippen LogP contribution in [0.15, 0.2) is 45.1 Å². The first-order valence-electron chi connectivity index (χ1n) is 7.51. The molecule has 2 heterocycles. The molecular formula is C16H14ClN3O5S2. The maximum atomic E-state index is 13.3. The molecule has 0 saturated carbocycles. The predicted molar refractivity (Wildman–Crippen MR) is 101 cm³/mol. The van der Waals surface area contributed by atoms with Crippen molar-refractivity contribution in [3.05, 3.63) is 56.9 Å². The summed E-state index contributed by atoms with van der Waals surface area (Å²) in [6, 6.07) is 7.77. The molecule has 3 rings (SSSR count). The van der Waals surface area contributed by atoms with Gasteiger partial charge in [0.05, 0.1) is 12.3 Å². The first-order chi connectivity index (χ1) is 12.8. The maximum Gasteiger partial charge on any atom is 0.276 e. The number of amides is 1. The molecule has 0 fully saturated rings. The largest absolute Gasteiger partial charge is 0.392 e. The summed E-state index contributed by atoms with van der Waals surface area (Å²) in [5, 5.41) is 20.1. The summed E-state index contributed by atoms with van der Waals surface area (Å²) < 4.78 is 28.9. The summed E-state index contributed by atoms with van der Waals surface area (Å²) in [6.07, 6.45) is 0. The lowest BCUT2D eigenvalue weighted by Gasteiger charge is -2.22. The number of carbonyl (C=O) groups excluding carboxylic acids is 1. The molecule has 1 amide bonds. The molecule has 0 bridgehead atoms. The van der Waals surface area contributed by atoms with Crippen LogP contribution in [0.2, 0.25) is 5.02 Å². The highest BCUT2D eigenvalue weighted by Gasteiger charge is 2.32. The van der Waals surface area contributed by atoms with Crippen molar-refractivity contribution in [3.8, 4) is 0 Å². The van der Waals surface area contributed by atoms with E-state index in [4.69, 9.17) is 21.3 Å². The number of carbonyl (C=O) groups is 1. The molecule has 8 nitrogen and oxygen atoms in total. The molecule has 0 saturated heterocycles. The molecule has 27 heavy (non-hydrogen) atoms. The van der Waals surface area contributed by atoms with E-state index in [2.05, 4.69) is 5.16 Å². The molecular weight excluding hydrogens is 414 g/mol. The van der Waals surface area contributed by atoms with Crippen LogP contribution < -0.4 is 10.0 Å². The summed E-state index contributed by atoms with van der Waals surface area (Å²) >= 11 is 7.14. The fourth-order valence-electron chi connectivity index (χ4n) is 2.44. The van der Waals surface area contributed by atoms with Gasteiger partial charge < -0.3 is 9.63 Å². The lowest BCUT2D eigenvalue weighted by Crippen LogP contribution is -2.28. The van der Waals surface area contributed by atoms with Gasteiger partial charge in [-0.1, -0.05) is 35.0 Å². The van der Waals surface area contributed by atoms with Crippen molar-refractivity contribution in [2.24, 2.45) is 5.14 Å². The van der Waals surface area contributed by atoms with Crippen molar-refractivity contribution in [3.63, 3.8) is 0 Å². The number of para-hydroxylation sites is 1. The number of primary sulfonamides is 1. The van der Waals surface area contributed by atoms with Crippen molar-refractivity contribution < 1.29 is 22.8 Å². The van der Waals surface area contributed by atoms with Gasteiger partial charge in [-0.05, 0) is 24.4 Å². The summed E-state index contributed by atoms with van der Waals surface area (Å²) in [5.41, 5.74) is 1.03. The molecule has 0 aliphatic heterocycles. The van der Waals surface area contributed by atoms with Crippen molar-refractivity contribution in [2.45, 2.75) is 18.4 Å². The van der Waals surface area contributed by atoms with Crippen molar-refractivity contribution >= 4 is 50.4 Å². The molecule has 3 N–H and O–H groups in total. The van der Waals surface area contributed by atoms with Gasteiger partial charge in [-0.25, -0.2) is 18.5 Å². The van der Waals surface area contributed by atoms with Crippen molar-refractivity contribution in [1.29, 1.82) is 0 Å². The number of nitrogens with two attached hydrogens (primary N) is 1. The van der Waals surface area contributed by atoms with Gasteiger partial charge >= 0.3 is 0 Å². The first kappa shape index (κ1) is 19.5. The third kappa shape index (κ3) is 3.62. The molecule has 2 aromatic heterocycles. The first-order valence-corrected chi connectivity index (χ1v) is 10.3. The van der Waals surface area contributed by atoms with E-state index >= 15 is 0 Å². The zero-order chi connectivity index (χ0) is 19.8. The minimum atomic E-state index is -4.12. The van der Waals surface area contributed by atoms with E-state index in [1.54, 1.807) is 31.2 Å². The molecule has 142 valence electrons. The molecule has 0 radical (unpaired) electrons. The van der Waals surface area contributed by atoms with Crippen LogP contribution in [0.1, 0.15) is 20.9 Å². The van der Waals surface area contributed by atoms with E-state index in [1.807, 2.05) is 0 Å². The van der Waals surface area contributed by atoms with E-state index in [0.29, 0.717) is 11.3 Å². The second-order valence-corrected chi connectivity index (χ2v) is 8.30. The van der Waals surface area contributed by atoms with Crippen LogP contribution in [0.5, 0.6) is 0 Å². The van der Waals surface area contributed by atoms with Crippen LogP contribution in [0.25, 0.3) is 0 Å². The Morgan fingerprint density at radius 3 is 2.67 bits per heavy atom. The van der Waals surface area contributed by atoms with Gasteiger partial charge in [0.15, 0.2) is 0 Å². The molecule has 0 atom stereocenters. The van der Waals surface area contributed by atoms with E-state index < -0.39 is 15.9 Å². The van der Waals surface area contributed by atoms with Crippen LogP contribution in [0.3, 0.4) is 0 Å². The number of halogens is 1. The smallest absolute Gasteiger partial charge is 0.276 e. The summed E-state index contributed by atoms with van der Waals surface area (Å²) in [7, 11) is -4.12. The van der Waals surface area contributed by atoms with Crippen LogP contribution in [-0.2, 0) is 16.6 Å². The number of aryl methyl sites for hydroxylation is 1. The molecule has 11 heteroatoms. The Labute approximate surface area is 163 Å². The Morgan fingerprint density at radius 2 is 2.07 bits per heavy atom. The molecule has 0 aliphatic carbocycles. The Bertz CT molecular complexity index is 1110. The predicted octanol–water partition coefficient (Wildman–Crippen LogP) is 2.82. The minimum absolute atomic E-state index is 0.0878. The fraction of sp³-hybridized carbons (Fsp3) is 0.125. The molecule has 0 aliphatic rings. The summed E-state index contributed by atoms with van der Waals surface area (Å²) in [6.45, 7) is 1.23. The maximum absolute atomic E-state index is 13.3. The van der Waals surface area contributed by atoms with E-state index in [0.717, 1.165) is 16.2 Å². The zero-order valence-corrected chi connectivity index (χ0v) is 16.3. The van der Waals surface area contributed by atoms with Crippen molar-refractivity contribution in [2.75, 3.05) is 4.90 Å². The van der Waals surface area contributed by atoms with Crippen LogP contribution in [-0.4, -0.2) is 24.6 Å². The third-order valence-corrected chi connectivity index (χ3v) is 6.13. The SMILES string of the molecule is Cc1noc(N(C(=O)c2sccc2S(N)(=O)=O)c2ccccc2CO)c1Cl. The van der Waals surface area contributed by atoms with Crippen LogP contribution >= 0.6 is 22.9 Å². The monoisotopic (exact) mass is 427 g/mol. The number of aliphatic hydroxyl groups is 1. The molecule has 1 aromatic carbocycles. The van der Waals surface area contributed by atoms with Gasteiger partial charge in [-0.3, -0.25) is 4.79 Å². The standard InChI is InChI=1S/C16H14ClN3O5S2/c1-9-13(17)16(25-19-9)20(11-5-3-2-4-10(11)8-21)15(22)14-12(6-7-26-14)27(18,23)24/h2-7,21H,8H2,1H3,(H2,18,23,24). The van der Waals surface area contributed by atoms with E-state index in [9.17, 15) is 18.3 Å². The molecule has 0 unspecified atom stereocenters. The van der Waals surface area contributed by atoms with Crippen LogP contribution in [0.4, 0.5) is 11.6 Å². The zero-order valence-electron chi connectivity index (χ0n) is 13.9. The average Bonchev–Trinajstić information content (AvgIpc) is 3.25. The average molecular weight is 428 g/mol. The molecule has 0 spiro atoms. The number of aliphatic hydroxyl groups excluding tert-OH is 1. The fourth-order valence-corrected chi connectivity index (χ4v) is 4.49. The Hall–Kier alpha value is -2.24. The second-order valence-electron chi connectivity index (χ2n) is 5.47. The van der Waals surface area contributed by atoms with Crippen molar-refractivity contribution in [1.82, 2.24) is 5.16 Å². The number of thiophene rings is 1.